The Morgan fingerprint density at radius 1 is 1.10 bits per heavy atom. The van der Waals surface area contributed by atoms with E-state index >= 15 is 0 Å². The number of hydrogen-bond donors (Lipinski definition) is 0. The third kappa shape index (κ3) is 2.20. The summed E-state index contributed by atoms with van der Waals surface area (Å²) >= 11 is 3.41. The first-order valence-electron chi connectivity index (χ1n) is 6.04. The van der Waals surface area contributed by atoms with Crippen molar-refractivity contribution in [3.63, 3.8) is 0 Å². The molecule has 20 heavy (non-hydrogen) atoms. The number of carbonyl (C=O) groups excluding carboxylic acids is 1. The molecule has 3 rings (SSSR count). The van der Waals surface area contributed by atoms with Crippen molar-refractivity contribution >= 4 is 27.8 Å². The topological polar surface area (TPSA) is 17.1 Å². The highest BCUT2D eigenvalue weighted by Crippen LogP contribution is 2.30. The molecule has 0 amide bonds. The molecule has 0 aromatic heterocycles. The van der Waals surface area contributed by atoms with Gasteiger partial charge in [0.05, 0.1) is 0 Å². The zero-order valence-corrected chi connectivity index (χ0v) is 11.9. The predicted octanol–water partition coefficient (Wildman–Crippen LogP) is 4.55. The van der Waals surface area contributed by atoms with Gasteiger partial charge in [-0.2, -0.15) is 0 Å². The first kappa shape index (κ1) is 13.2. The molecule has 0 radical (unpaired) electrons. The van der Waals surface area contributed by atoms with Crippen LogP contribution in [-0.4, -0.2) is 5.78 Å². The zero-order chi connectivity index (χ0) is 14.3. The van der Waals surface area contributed by atoms with Gasteiger partial charge in [-0.15, -0.1) is 0 Å². The van der Waals surface area contributed by atoms with Gasteiger partial charge in [0, 0.05) is 22.0 Å². The smallest absolute Gasteiger partial charge is 0.189 e. The van der Waals surface area contributed by atoms with Gasteiger partial charge in [-0.3, -0.25) is 4.79 Å². The molecule has 1 aliphatic rings. The summed E-state index contributed by atoms with van der Waals surface area (Å²) in [5.41, 5.74) is 2.19. The van der Waals surface area contributed by atoms with E-state index in [1.165, 1.54) is 0 Å². The molecule has 0 atom stereocenters. The molecule has 4 heteroatoms. The second-order valence-corrected chi connectivity index (χ2v) is 5.47. The second-order valence-electron chi connectivity index (χ2n) is 4.62. The van der Waals surface area contributed by atoms with E-state index in [9.17, 15) is 13.6 Å². The number of allylic oxidation sites excluding steroid dienone is 1. The van der Waals surface area contributed by atoms with Crippen molar-refractivity contribution in [3.05, 3.63) is 74.8 Å². The largest absolute Gasteiger partial charge is 0.289 e. The SMILES string of the molecule is O=C1C(=Cc2ccccc2Br)Cc2cc(F)c(F)cc21. The van der Waals surface area contributed by atoms with Crippen molar-refractivity contribution in [1.29, 1.82) is 0 Å². The molecule has 0 N–H and O–H groups in total. The Morgan fingerprint density at radius 2 is 1.80 bits per heavy atom. The number of halogens is 3. The Labute approximate surface area is 123 Å². The lowest BCUT2D eigenvalue weighted by atomic mass is 10.1. The highest BCUT2D eigenvalue weighted by atomic mass is 79.9. The van der Waals surface area contributed by atoms with E-state index in [1.54, 1.807) is 6.08 Å². The summed E-state index contributed by atoms with van der Waals surface area (Å²) in [5.74, 6) is -2.15. The number of fused-ring (bicyclic) bond motifs is 1. The van der Waals surface area contributed by atoms with E-state index in [1.807, 2.05) is 24.3 Å². The first-order valence-corrected chi connectivity index (χ1v) is 6.83. The van der Waals surface area contributed by atoms with Gasteiger partial charge in [-0.1, -0.05) is 34.1 Å². The normalized spacial score (nSPS) is 15.8. The van der Waals surface area contributed by atoms with Crippen LogP contribution in [0.4, 0.5) is 8.78 Å². The number of carbonyl (C=O) groups is 1. The molecule has 1 aliphatic carbocycles. The maximum atomic E-state index is 13.2. The number of rotatable bonds is 1. The number of hydrogen-bond acceptors (Lipinski definition) is 1. The molecule has 1 nitrogen and oxygen atoms in total. The molecule has 0 spiro atoms. The highest BCUT2D eigenvalue weighted by molar-refractivity contribution is 9.10. The molecule has 100 valence electrons. The van der Waals surface area contributed by atoms with Gasteiger partial charge in [0.25, 0.3) is 0 Å². The van der Waals surface area contributed by atoms with Crippen molar-refractivity contribution < 1.29 is 13.6 Å². The molecule has 0 aliphatic heterocycles. The van der Waals surface area contributed by atoms with E-state index in [2.05, 4.69) is 15.9 Å². The Kier molecular flexibility index (Phi) is 3.26. The van der Waals surface area contributed by atoms with Crippen LogP contribution in [0.2, 0.25) is 0 Å². The molecular weight excluding hydrogens is 326 g/mol. The van der Waals surface area contributed by atoms with Crippen LogP contribution in [0.3, 0.4) is 0 Å². The van der Waals surface area contributed by atoms with Gasteiger partial charge in [0.15, 0.2) is 17.4 Å². The van der Waals surface area contributed by atoms with Crippen LogP contribution in [0.15, 0.2) is 46.4 Å². The quantitative estimate of drug-likeness (QED) is 0.699. The molecule has 2 aromatic carbocycles. The van der Waals surface area contributed by atoms with Gasteiger partial charge in [0.1, 0.15) is 0 Å². The average molecular weight is 335 g/mol. The summed E-state index contributed by atoms with van der Waals surface area (Å²) in [7, 11) is 0. The lowest BCUT2D eigenvalue weighted by molar-refractivity contribution is 0.104. The van der Waals surface area contributed by atoms with Crippen molar-refractivity contribution in [3.8, 4) is 0 Å². The Bertz CT molecular complexity index is 750. The van der Waals surface area contributed by atoms with Gasteiger partial charge in [-0.25, -0.2) is 8.78 Å². The van der Waals surface area contributed by atoms with E-state index in [0.29, 0.717) is 17.6 Å². The van der Waals surface area contributed by atoms with Gasteiger partial charge >= 0.3 is 0 Å². The minimum atomic E-state index is -0.987. The summed E-state index contributed by atoms with van der Waals surface area (Å²) in [5, 5.41) is 0. The minimum Gasteiger partial charge on any atom is -0.289 e. The van der Waals surface area contributed by atoms with E-state index in [0.717, 1.165) is 22.2 Å². The zero-order valence-electron chi connectivity index (χ0n) is 10.3. The standard InChI is InChI=1S/C16H9BrF2O/c17-13-4-2-1-3-9(13)5-11-6-10-7-14(18)15(19)8-12(10)16(11)20/h1-5,7-8H,6H2. The molecule has 0 fully saturated rings. The summed E-state index contributed by atoms with van der Waals surface area (Å²) < 4.78 is 27.3. The van der Waals surface area contributed by atoms with Crippen LogP contribution in [0.5, 0.6) is 0 Å². The van der Waals surface area contributed by atoms with Gasteiger partial charge < -0.3 is 0 Å². The molecule has 0 unspecified atom stereocenters. The number of ketones is 1. The van der Waals surface area contributed by atoms with Crippen LogP contribution in [0.1, 0.15) is 21.5 Å². The molecule has 0 saturated heterocycles. The third-order valence-corrected chi connectivity index (χ3v) is 4.02. The van der Waals surface area contributed by atoms with Crippen molar-refractivity contribution in [2.24, 2.45) is 0 Å². The van der Waals surface area contributed by atoms with Crippen LogP contribution in [0.25, 0.3) is 6.08 Å². The summed E-state index contributed by atoms with van der Waals surface area (Å²) in [6.07, 6.45) is 2.08. The lowest BCUT2D eigenvalue weighted by Crippen LogP contribution is -1.97. The van der Waals surface area contributed by atoms with Gasteiger partial charge in [0.2, 0.25) is 0 Å². The predicted molar refractivity (Wildman–Crippen MR) is 76.5 cm³/mol. The fraction of sp³-hybridized carbons (Fsp3) is 0.0625. The molecular formula is C16H9BrF2O. The van der Waals surface area contributed by atoms with Crippen molar-refractivity contribution in [1.82, 2.24) is 0 Å². The lowest BCUT2D eigenvalue weighted by Gasteiger charge is -1.99. The first-order chi connectivity index (χ1) is 9.56. The van der Waals surface area contributed by atoms with E-state index < -0.39 is 11.6 Å². The molecule has 0 saturated carbocycles. The van der Waals surface area contributed by atoms with Crippen LogP contribution >= 0.6 is 15.9 Å². The van der Waals surface area contributed by atoms with Gasteiger partial charge in [-0.05, 0) is 35.4 Å². The fourth-order valence-electron chi connectivity index (χ4n) is 2.30. The van der Waals surface area contributed by atoms with Crippen LogP contribution < -0.4 is 0 Å². The molecule has 2 aromatic rings. The third-order valence-electron chi connectivity index (χ3n) is 3.30. The maximum Gasteiger partial charge on any atom is 0.189 e. The Hall–Kier alpha value is -1.81. The number of Topliss-reactive ketones (excluding diaryl/α,β-unsaturated/α-hetero) is 1. The van der Waals surface area contributed by atoms with Crippen molar-refractivity contribution in [2.75, 3.05) is 0 Å². The summed E-state index contributed by atoms with van der Waals surface area (Å²) in [6.45, 7) is 0. The molecule has 0 heterocycles. The summed E-state index contributed by atoms with van der Waals surface area (Å²) in [4.78, 5) is 12.2. The van der Waals surface area contributed by atoms with Crippen molar-refractivity contribution in [2.45, 2.75) is 6.42 Å². The Morgan fingerprint density at radius 3 is 2.55 bits per heavy atom. The minimum absolute atomic E-state index is 0.241. The Balaban J connectivity index is 2.04. The maximum absolute atomic E-state index is 13.2. The molecule has 0 bridgehead atoms. The monoisotopic (exact) mass is 334 g/mol. The average Bonchev–Trinajstić information content (AvgIpc) is 2.70. The van der Waals surface area contributed by atoms with Crippen LogP contribution in [0, 0.1) is 11.6 Å². The van der Waals surface area contributed by atoms with Crippen LogP contribution in [-0.2, 0) is 6.42 Å². The summed E-state index contributed by atoms with van der Waals surface area (Å²) in [6, 6.07) is 9.56. The van der Waals surface area contributed by atoms with E-state index in [4.69, 9.17) is 0 Å². The second kappa shape index (κ2) is 4.94. The highest BCUT2D eigenvalue weighted by Gasteiger charge is 2.26. The van der Waals surface area contributed by atoms with E-state index in [-0.39, 0.29) is 11.3 Å². The number of benzene rings is 2. The fourth-order valence-corrected chi connectivity index (χ4v) is 2.70.